The zero-order valence-electron chi connectivity index (χ0n) is 12.3. The SMILES string of the molecule is CCc1cccc(NS(=O)(=O)N2CCc3conc3CC2)n1. The summed E-state index contributed by atoms with van der Waals surface area (Å²) in [6, 6.07) is 5.33. The molecule has 0 aliphatic carbocycles. The number of pyridine rings is 1. The maximum absolute atomic E-state index is 12.5. The minimum atomic E-state index is -3.62. The summed E-state index contributed by atoms with van der Waals surface area (Å²) in [6.07, 6.45) is 3.50. The van der Waals surface area contributed by atoms with E-state index in [1.54, 1.807) is 18.4 Å². The van der Waals surface area contributed by atoms with Crippen LogP contribution in [0, 0.1) is 0 Å². The van der Waals surface area contributed by atoms with Crippen molar-refractivity contribution >= 4 is 16.0 Å². The topological polar surface area (TPSA) is 88.3 Å². The molecule has 0 unspecified atom stereocenters. The van der Waals surface area contributed by atoms with Crippen LogP contribution in [0.4, 0.5) is 5.82 Å². The van der Waals surface area contributed by atoms with Gasteiger partial charge >= 0.3 is 10.2 Å². The maximum Gasteiger partial charge on any atom is 0.302 e. The largest absolute Gasteiger partial charge is 0.364 e. The molecule has 0 atom stereocenters. The average molecular weight is 322 g/mol. The van der Waals surface area contributed by atoms with Crippen molar-refractivity contribution in [2.45, 2.75) is 26.2 Å². The van der Waals surface area contributed by atoms with Crippen molar-refractivity contribution in [1.29, 1.82) is 0 Å². The van der Waals surface area contributed by atoms with Crippen LogP contribution in [0.25, 0.3) is 0 Å². The molecule has 0 spiro atoms. The Kier molecular flexibility index (Phi) is 4.12. The highest BCUT2D eigenvalue weighted by Gasteiger charge is 2.26. The van der Waals surface area contributed by atoms with E-state index < -0.39 is 10.2 Å². The van der Waals surface area contributed by atoms with Crippen molar-refractivity contribution in [1.82, 2.24) is 14.4 Å². The van der Waals surface area contributed by atoms with Gasteiger partial charge in [0.2, 0.25) is 0 Å². The lowest BCUT2D eigenvalue weighted by Gasteiger charge is -2.20. The van der Waals surface area contributed by atoms with Crippen LogP contribution in [-0.4, -0.2) is 36.0 Å². The van der Waals surface area contributed by atoms with Crippen LogP contribution < -0.4 is 4.72 Å². The molecule has 8 heteroatoms. The number of fused-ring (bicyclic) bond motifs is 1. The number of anilines is 1. The van der Waals surface area contributed by atoms with E-state index in [0.29, 0.717) is 31.7 Å². The van der Waals surface area contributed by atoms with Gasteiger partial charge in [0, 0.05) is 30.8 Å². The molecule has 0 fully saturated rings. The van der Waals surface area contributed by atoms with E-state index in [2.05, 4.69) is 14.9 Å². The second kappa shape index (κ2) is 6.05. The standard InChI is InChI=1S/C14H18N4O3S/c1-2-12-4-3-5-14(15-12)17-22(19,20)18-8-6-11-10-21-16-13(11)7-9-18/h3-5,10H,2,6-9H2,1H3,(H,15,17). The number of nitrogens with zero attached hydrogens (tertiary/aromatic N) is 3. The predicted molar refractivity (Wildman–Crippen MR) is 81.6 cm³/mol. The monoisotopic (exact) mass is 322 g/mol. The minimum Gasteiger partial charge on any atom is -0.364 e. The van der Waals surface area contributed by atoms with E-state index in [1.807, 2.05) is 13.0 Å². The number of nitrogens with one attached hydrogen (secondary N) is 1. The Labute approximate surface area is 129 Å². The molecule has 0 saturated carbocycles. The lowest BCUT2D eigenvalue weighted by molar-refractivity contribution is 0.392. The Hall–Kier alpha value is -1.93. The summed E-state index contributed by atoms with van der Waals surface area (Å²) < 4.78 is 33.9. The number of aromatic nitrogens is 2. The van der Waals surface area contributed by atoms with E-state index in [0.717, 1.165) is 23.4 Å². The molecule has 1 aliphatic heterocycles. The summed E-state index contributed by atoms with van der Waals surface area (Å²) in [5.74, 6) is 0.351. The lowest BCUT2D eigenvalue weighted by atomic mass is 10.2. The van der Waals surface area contributed by atoms with E-state index in [9.17, 15) is 8.42 Å². The molecule has 0 radical (unpaired) electrons. The molecular weight excluding hydrogens is 304 g/mol. The van der Waals surface area contributed by atoms with Crippen LogP contribution in [0.15, 0.2) is 29.0 Å². The summed E-state index contributed by atoms with van der Waals surface area (Å²) >= 11 is 0. The van der Waals surface area contributed by atoms with Gasteiger partial charge in [0.05, 0.1) is 5.69 Å². The van der Waals surface area contributed by atoms with Crippen molar-refractivity contribution in [3.05, 3.63) is 41.4 Å². The molecule has 1 N–H and O–H groups in total. The van der Waals surface area contributed by atoms with Crippen LogP contribution in [-0.2, 0) is 29.5 Å². The molecule has 0 amide bonds. The molecular formula is C14H18N4O3S. The van der Waals surface area contributed by atoms with Crippen LogP contribution >= 0.6 is 0 Å². The third-order valence-corrected chi connectivity index (χ3v) is 5.21. The highest BCUT2D eigenvalue weighted by molar-refractivity contribution is 7.90. The highest BCUT2D eigenvalue weighted by atomic mass is 32.2. The van der Waals surface area contributed by atoms with Crippen molar-refractivity contribution in [2.24, 2.45) is 0 Å². The zero-order chi connectivity index (χ0) is 15.6. The molecule has 2 aromatic rings. The third-order valence-electron chi connectivity index (χ3n) is 3.70. The summed E-state index contributed by atoms with van der Waals surface area (Å²) in [5.41, 5.74) is 2.66. The Morgan fingerprint density at radius 3 is 2.95 bits per heavy atom. The quantitative estimate of drug-likeness (QED) is 0.919. The first-order valence-corrected chi connectivity index (χ1v) is 8.68. The van der Waals surface area contributed by atoms with Gasteiger partial charge in [-0.25, -0.2) is 4.98 Å². The molecule has 0 aromatic carbocycles. The predicted octanol–water partition coefficient (Wildman–Crippen LogP) is 1.39. The van der Waals surface area contributed by atoms with Crippen molar-refractivity contribution in [3.63, 3.8) is 0 Å². The number of hydrogen-bond donors (Lipinski definition) is 1. The zero-order valence-corrected chi connectivity index (χ0v) is 13.1. The van der Waals surface area contributed by atoms with Crippen molar-refractivity contribution in [3.8, 4) is 0 Å². The first-order valence-electron chi connectivity index (χ1n) is 7.24. The first-order chi connectivity index (χ1) is 10.6. The van der Waals surface area contributed by atoms with Gasteiger partial charge < -0.3 is 4.52 Å². The van der Waals surface area contributed by atoms with Crippen molar-refractivity contribution in [2.75, 3.05) is 17.8 Å². The third kappa shape index (κ3) is 3.12. The molecule has 0 bridgehead atoms. The second-order valence-electron chi connectivity index (χ2n) is 5.16. The van der Waals surface area contributed by atoms with Crippen molar-refractivity contribution < 1.29 is 12.9 Å². The summed E-state index contributed by atoms with van der Waals surface area (Å²) in [6.45, 7) is 2.75. The fraction of sp³-hybridized carbons (Fsp3) is 0.429. The van der Waals surface area contributed by atoms with Crippen LogP contribution in [0.5, 0.6) is 0 Å². The Morgan fingerprint density at radius 2 is 2.14 bits per heavy atom. The summed E-state index contributed by atoms with van der Waals surface area (Å²) in [4.78, 5) is 4.28. The van der Waals surface area contributed by atoms with Gasteiger partial charge in [-0.05, 0) is 25.0 Å². The lowest BCUT2D eigenvalue weighted by Crippen LogP contribution is -2.38. The Morgan fingerprint density at radius 1 is 1.32 bits per heavy atom. The van der Waals surface area contributed by atoms with Crippen LogP contribution in [0.3, 0.4) is 0 Å². The minimum absolute atomic E-state index is 0.351. The molecule has 118 valence electrons. The van der Waals surface area contributed by atoms with Gasteiger partial charge in [-0.15, -0.1) is 0 Å². The van der Waals surface area contributed by atoms with Gasteiger partial charge in [0.25, 0.3) is 0 Å². The normalized spacial score (nSPS) is 16.0. The first kappa shape index (κ1) is 15.0. The maximum atomic E-state index is 12.5. The Bertz CT molecular complexity index is 734. The van der Waals surface area contributed by atoms with Gasteiger partial charge in [-0.2, -0.15) is 12.7 Å². The van der Waals surface area contributed by atoms with Crippen LogP contribution in [0.2, 0.25) is 0 Å². The van der Waals surface area contributed by atoms with Gasteiger partial charge in [0.1, 0.15) is 12.1 Å². The molecule has 3 heterocycles. The molecule has 1 aliphatic rings. The molecule has 0 saturated heterocycles. The fourth-order valence-electron chi connectivity index (χ4n) is 2.45. The molecule has 3 rings (SSSR count). The van der Waals surface area contributed by atoms with Crippen LogP contribution in [0.1, 0.15) is 23.9 Å². The van der Waals surface area contributed by atoms with E-state index >= 15 is 0 Å². The number of rotatable bonds is 4. The fourth-order valence-corrected chi connectivity index (χ4v) is 3.62. The highest BCUT2D eigenvalue weighted by Crippen LogP contribution is 2.17. The average Bonchev–Trinajstić information content (AvgIpc) is 2.84. The second-order valence-corrected chi connectivity index (χ2v) is 6.83. The number of hydrogen-bond acceptors (Lipinski definition) is 5. The molecule has 7 nitrogen and oxygen atoms in total. The van der Waals surface area contributed by atoms with E-state index in [4.69, 9.17) is 4.52 Å². The number of aryl methyl sites for hydroxylation is 1. The van der Waals surface area contributed by atoms with Gasteiger partial charge in [0.15, 0.2) is 0 Å². The molecule has 2 aromatic heterocycles. The van der Waals surface area contributed by atoms with E-state index in [1.165, 1.54) is 4.31 Å². The smallest absolute Gasteiger partial charge is 0.302 e. The Balaban J connectivity index is 1.74. The van der Waals surface area contributed by atoms with E-state index in [-0.39, 0.29) is 0 Å². The summed E-state index contributed by atoms with van der Waals surface area (Å²) in [5, 5.41) is 3.91. The molecule has 22 heavy (non-hydrogen) atoms. The summed E-state index contributed by atoms with van der Waals surface area (Å²) in [7, 11) is -3.62. The van der Waals surface area contributed by atoms with Gasteiger partial charge in [-0.3, -0.25) is 4.72 Å². The van der Waals surface area contributed by atoms with Gasteiger partial charge in [-0.1, -0.05) is 18.1 Å².